The maximum atomic E-state index is 6.27. The molecule has 0 fully saturated rings. The van der Waals surface area contributed by atoms with Crippen LogP contribution in [-0.4, -0.2) is 14.5 Å². The third-order valence-corrected chi connectivity index (χ3v) is 4.15. The first kappa shape index (κ1) is 13.3. The van der Waals surface area contributed by atoms with Crippen LogP contribution in [0.4, 0.5) is 0 Å². The molecule has 0 aliphatic rings. The molecule has 0 radical (unpaired) electrons. The standard InChI is InChI=1S/C18H14ClN3/c1-11-10-20-16-9-14(19)8-15(18(16)21-11)13-4-3-12-5-6-22(2)17(12)7-13/h3-10H,1-2H3. The molecule has 22 heavy (non-hydrogen) atoms. The molecular weight excluding hydrogens is 294 g/mol. The van der Waals surface area contributed by atoms with E-state index < -0.39 is 0 Å². The normalized spacial score (nSPS) is 11.4. The van der Waals surface area contributed by atoms with Crippen molar-refractivity contribution >= 4 is 33.5 Å². The van der Waals surface area contributed by atoms with Crippen LogP contribution in [0.5, 0.6) is 0 Å². The van der Waals surface area contributed by atoms with Gasteiger partial charge in [-0.15, -0.1) is 0 Å². The maximum Gasteiger partial charge on any atom is 0.0969 e. The van der Waals surface area contributed by atoms with Crippen LogP contribution < -0.4 is 0 Å². The highest BCUT2D eigenvalue weighted by Crippen LogP contribution is 2.32. The van der Waals surface area contributed by atoms with Crippen LogP contribution in [0.2, 0.25) is 5.02 Å². The summed E-state index contributed by atoms with van der Waals surface area (Å²) in [6.45, 7) is 1.95. The highest BCUT2D eigenvalue weighted by Gasteiger charge is 2.10. The van der Waals surface area contributed by atoms with E-state index in [2.05, 4.69) is 45.0 Å². The average molecular weight is 308 g/mol. The van der Waals surface area contributed by atoms with Crippen molar-refractivity contribution in [1.82, 2.24) is 14.5 Å². The number of halogens is 1. The third-order valence-electron chi connectivity index (χ3n) is 3.93. The zero-order valence-corrected chi connectivity index (χ0v) is 13.1. The summed E-state index contributed by atoms with van der Waals surface area (Å²) in [4.78, 5) is 9.10. The summed E-state index contributed by atoms with van der Waals surface area (Å²) < 4.78 is 2.11. The fourth-order valence-electron chi connectivity index (χ4n) is 2.82. The van der Waals surface area contributed by atoms with Gasteiger partial charge in [0.1, 0.15) is 0 Å². The van der Waals surface area contributed by atoms with Crippen LogP contribution in [0, 0.1) is 6.92 Å². The SMILES string of the molecule is Cc1cnc2cc(Cl)cc(-c3ccc4ccn(C)c4c3)c2n1. The van der Waals surface area contributed by atoms with Gasteiger partial charge in [0.2, 0.25) is 0 Å². The van der Waals surface area contributed by atoms with Gasteiger partial charge in [0.05, 0.1) is 16.7 Å². The van der Waals surface area contributed by atoms with Gasteiger partial charge in [0.25, 0.3) is 0 Å². The van der Waals surface area contributed by atoms with E-state index >= 15 is 0 Å². The molecule has 4 rings (SSSR count). The lowest BCUT2D eigenvalue weighted by Crippen LogP contribution is -1.91. The fourth-order valence-corrected chi connectivity index (χ4v) is 3.03. The Labute approximate surface area is 133 Å². The molecule has 0 amide bonds. The summed E-state index contributed by atoms with van der Waals surface area (Å²) in [5.74, 6) is 0. The van der Waals surface area contributed by atoms with E-state index in [4.69, 9.17) is 11.6 Å². The van der Waals surface area contributed by atoms with Crippen LogP contribution in [0.25, 0.3) is 33.1 Å². The van der Waals surface area contributed by atoms with E-state index in [1.54, 1.807) is 6.20 Å². The zero-order valence-electron chi connectivity index (χ0n) is 12.3. The zero-order chi connectivity index (χ0) is 15.3. The molecule has 4 aromatic rings. The number of fused-ring (bicyclic) bond motifs is 2. The second-order valence-electron chi connectivity index (χ2n) is 5.53. The predicted octanol–water partition coefficient (Wildman–Crippen LogP) is 4.75. The molecule has 108 valence electrons. The molecule has 2 heterocycles. The topological polar surface area (TPSA) is 30.7 Å². The van der Waals surface area contributed by atoms with Crippen molar-refractivity contribution in [2.75, 3.05) is 0 Å². The van der Waals surface area contributed by atoms with E-state index in [1.165, 1.54) is 10.9 Å². The van der Waals surface area contributed by atoms with Gasteiger partial charge in [0, 0.05) is 35.5 Å². The smallest absolute Gasteiger partial charge is 0.0969 e. The minimum absolute atomic E-state index is 0.674. The molecule has 2 aromatic carbocycles. The monoisotopic (exact) mass is 307 g/mol. The quantitative estimate of drug-likeness (QED) is 0.508. The van der Waals surface area contributed by atoms with Gasteiger partial charge in [-0.3, -0.25) is 4.98 Å². The van der Waals surface area contributed by atoms with Crippen molar-refractivity contribution in [2.45, 2.75) is 6.92 Å². The summed E-state index contributed by atoms with van der Waals surface area (Å²) in [7, 11) is 2.05. The van der Waals surface area contributed by atoms with Crippen molar-refractivity contribution in [3.8, 4) is 11.1 Å². The highest BCUT2D eigenvalue weighted by molar-refractivity contribution is 6.31. The third kappa shape index (κ3) is 2.06. The van der Waals surface area contributed by atoms with Gasteiger partial charge in [0.15, 0.2) is 0 Å². The Morgan fingerprint density at radius 3 is 2.82 bits per heavy atom. The number of rotatable bonds is 1. The first-order valence-corrected chi connectivity index (χ1v) is 7.48. The summed E-state index contributed by atoms with van der Waals surface area (Å²) in [6.07, 6.45) is 3.83. The molecule has 2 aromatic heterocycles. The van der Waals surface area contributed by atoms with Gasteiger partial charge >= 0.3 is 0 Å². The second-order valence-corrected chi connectivity index (χ2v) is 5.97. The van der Waals surface area contributed by atoms with Crippen LogP contribution in [0.3, 0.4) is 0 Å². The largest absolute Gasteiger partial charge is 0.351 e. The van der Waals surface area contributed by atoms with Gasteiger partial charge in [-0.25, -0.2) is 4.98 Å². The molecule has 0 aliphatic carbocycles. The molecule has 0 spiro atoms. The molecule has 0 saturated carbocycles. The Morgan fingerprint density at radius 2 is 1.95 bits per heavy atom. The van der Waals surface area contributed by atoms with E-state index in [1.807, 2.05) is 26.1 Å². The van der Waals surface area contributed by atoms with Gasteiger partial charge in [-0.05, 0) is 42.1 Å². The lowest BCUT2D eigenvalue weighted by Gasteiger charge is -2.08. The molecule has 0 unspecified atom stereocenters. The molecule has 0 saturated heterocycles. The van der Waals surface area contributed by atoms with Gasteiger partial charge < -0.3 is 4.57 Å². The summed E-state index contributed by atoms with van der Waals surface area (Å²) in [6, 6.07) is 12.3. The first-order valence-electron chi connectivity index (χ1n) is 7.10. The molecule has 0 aliphatic heterocycles. The number of nitrogens with zero attached hydrogens (tertiary/aromatic N) is 3. The Balaban J connectivity index is 2.06. The number of benzene rings is 2. The number of hydrogen-bond donors (Lipinski definition) is 0. The Morgan fingerprint density at radius 1 is 1.09 bits per heavy atom. The minimum atomic E-state index is 0.674. The van der Waals surface area contributed by atoms with Crippen LogP contribution in [0.1, 0.15) is 5.69 Å². The van der Waals surface area contributed by atoms with Gasteiger partial charge in [-0.1, -0.05) is 23.7 Å². The molecule has 0 atom stereocenters. The number of hydrogen-bond acceptors (Lipinski definition) is 2. The van der Waals surface area contributed by atoms with E-state index in [9.17, 15) is 0 Å². The Bertz CT molecular complexity index is 1020. The van der Waals surface area contributed by atoms with E-state index in [0.717, 1.165) is 27.9 Å². The summed E-state index contributed by atoms with van der Waals surface area (Å²) in [5, 5.41) is 1.90. The number of aromatic nitrogens is 3. The van der Waals surface area contributed by atoms with Crippen molar-refractivity contribution in [3.05, 3.63) is 59.5 Å². The molecule has 0 N–H and O–H groups in total. The molecule has 3 nitrogen and oxygen atoms in total. The Hall–Kier alpha value is -2.39. The van der Waals surface area contributed by atoms with Crippen molar-refractivity contribution < 1.29 is 0 Å². The number of aryl methyl sites for hydroxylation is 2. The van der Waals surface area contributed by atoms with E-state index in [0.29, 0.717) is 5.02 Å². The molecule has 4 heteroatoms. The van der Waals surface area contributed by atoms with Crippen LogP contribution in [-0.2, 0) is 7.05 Å². The highest BCUT2D eigenvalue weighted by atomic mass is 35.5. The fraction of sp³-hybridized carbons (Fsp3) is 0.111. The lowest BCUT2D eigenvalue weighted by atomic mass is 10.0. The van der Waals surface area contributed by atoms with Crippen LogP contribution >= 0.6 is 11.6 Å². The first-order chi connectivity index (χ1) is 10.6. The molecule has 0 bridgehead atoms. The minimum Gasteiger partial charge on any atom is -0.351 e. The van der Waals surface area contributed by atoms with Crippen LogP contribution in [0.15, 0.2) is 48.8 Å². The summed E-state index contributed by atoms with van der Waals surface area (Å²) >= 11 is 6.27. The van der Waals surface area contributed by atoms with Crippen molar-refractivity contribution in [1.29, 1.82) is 0 Å². The van der Waals surface area contributed by atoms with Gasteiger partial charge in [-0.2, -0.15) is 0 Å². The second kappa shape index (κ2) is 4.82. The predicted molar refractivity (Wildman–Crippen MR) is 91.2 cm³/mol. The Kier molecular flexibility index (Phi) is 2.91. The lowest BCUT2D eigenvalue weighted by molar-refractivity contribution is 0.969. The van der Waals surface area contributed by atoms with E-state index in [-0.39, 0.29) is 0 Å². The van der Waals surface area contributed by atoms with Crippen molar-refractivity contribution in [2.24, 2.45) is 7.05 Å². The molecular formula is C18H14ClN3. The van der Waals surface area contributed by atoms with Crippen molar-refractivity contribution in [3.63, 3.8) is 0 Å². The average Bonchev–Trinajstić information content (AvgIpc) is 2.88. The summed E-state index contributed by atoms with van der Waals surface area (Å²) in [5.41, 5.74) is 5.91. The maximum absolute atomic E-state index is 6.27.